The zero-order chi connectivity index (χ0) is 10.3. The number of nitrogens with one attached hydrogen (secondary N) is 1. The van der Waals surface area contributed by atoms with E-state index in [0.717, 1.165) is 22.6 Å². The zero-order valence-electron chi connectivity index (χ0n) is 7.95. The Morgan fingerprint density at radius 2 is 2.27 bits per heavy atom. The number of amides is 1. The van der Waals surface area contributed by atoms with Crippen LogP contribution in [0.4, 0.5) is 5.69 Å². The number of benzene rings is 1. The highest BCUT2D eigenvalue weighted by Crippen LogP contribution is 2.33. The molecule has 3 rings (SSSR count). The van der Waals surface area contributed by atoms with Crippen molar-refractivity contribution in [3.63, 3.8) is 0 Å². The lowest BCUT2D eigenvalue weighted by Gasteiger charge is -2.06. The maximum atomic E-state index is 11.3. The molecule has 0 saturated carbocycles. The molecule has 2 heterocycles. The SMILES string of the molecule is O=C1CC=Cc2cc3c(cc2N1)COO3. The molecule has 0 unspecified atom stereocenters. The average Bonchev–Trinajstić information content (AvgIpc) is 2.57. The summed E-state index contributed by atoms with van der Waals surface area (Å²) in [5, 5.41) is 2.84. The van der Waals surface area contributed by atoms with Crippen LogP contribution in [-0.2, 0) is 16.3 Å². The first-order valence-electron chi connectivity index (χ1n) is 4.76. The molecular weight excluding hydrogens is 194 g/mol. The third-order valence-electron chi connectivity index (χ3n) is 2.47. The number of carbonyl (C=O) groups is 1. The highest BCUT2D eigenvalue weighted by Gasteiger charge is 2.18. The molecule has 1 aromatic rings. The largest absolute Gasteiger partial charge is 0.337 e. The predicted octanol–water partition coefficient (Wildman–Crippen LogP) is 1.87. The van der Waals surface area contributed by atoms with E-state index in [1.165, 1.54) is 0 Å². The van der Waals surface area contributed by atoms with E-state index in [-0.39, 0.29) is 5.91 Å². The maximum absolute atomic E-state index is 11.3. The minimum atomic E-state index is 0.00443. The van der Waals surface area contributed by atoms with Gasteiger partial charge in [0.25, 0.3) is 0 Å². The summed E-state index contributed by atoms with van der Waals surface area (Å²) in [5.41, 5.74) is 2.73. The van der Waals surface area contributed by atoms with Crippen molar-refractivity contribution < 1.29 is 14.6 Å². The summed E-state index contributed by atoms with van der Waals surface area (Å²) in [6.07, 6.45) is 4.16. The van der Waals surface area contributed by atoms with Gasteiger partial charge >= 0.3 is 0 Å². The predicted molar refractivity (Wildman–Crippen MR) is 54.1 cm³/mol. The van der Waals surface area contributed by atoms with Gasteiger partial charge in [-0.3, -0.25) is 4.79 Å². The molecule has 1 N–H and O–H groups in total. The first-order valence-corrected chi connectivity index (χ1v) is 4.76. The third-order valence-corrected chi connectivity index (χ3v) is 2.47. The summed E-state index contributed by atoms with van der Waals surface area (Å²) in [6.45, 7) is 0.433. The highest BCUT2D eigenvalue weighted by molar-refractivity contribution is 5.96. The van der Waals surface area contributed by atoms with Crippen molar-refractivity contribution in [3.05, 3.63) is 29.3 Å². The van der Waals surface area contributed by atoms with Crippen LogP contribution < -0.4 is 10.2 Å². The Labute approximate surface area is 86.4 Å². The molecule has 4 heteroatoms. The van der Waals surface area contributed by atoms with Crippen molar-refractivity contribution in [2.24, 2.45) is 0 Å². The number of hydrogen-bond acceptors (Lipinski definition) is 3. The van der Waals surface area contributed by atoms with Crippen LogP contribution in [0.1, 0.15) is 17.5 Å². The molecule has 0 bridgehead atoms. The van der Waals surface area contributed by atoms with E-state index in [1.54, 1.807) is 0 Å². The van der Waals surface area contributed by atoms with Crippen LogP contribution in [0.15, 0.2) is 18.2 Å². The van der Waals surface area contributed by atoms with Crippen LogP contribution in [0.5, 0.6) is 5.75 Å². The number of fused-ring (bicyclic) bond motifs is 2. The van der Waals surface area contributed by atoms with Crippen molar-refractivity contribution in [2.75, 3.05) is 5.32 Å². The lowest BCUT2D eigenvalue weighted by molar-refractivity contribution is -0.194. The van der Waals surface area contributed by atoms with Gasteiger partial charge in [0.2, 0.25) is 5.91 Å². The molecule has 0 atom stereocenters. The van der Waals surface area contributed by atoms with Crippen LogP contribution >= 0.6 is 0 Å². The fraction of sp³-hybridized carbons (Fsp3) is 0.182. The van der Waals surface area contributed by atoms with Crippen molar-refractivity contribution in [1.82, 2.24) is 0 Å². The van der Waals surface area contributed by atoms with Crippen molar-refractivity contribution in [1.29, 1.82) is 0 Å². The summed E-state index contributed by atoms with van der Waals surface area (Å²) in [5.74, 6) is 0.735. The van der Waals surface area contributed by atoms with Gasteiger partial charge in [0, 0.05) is 23.2 Å². The molecule has 1 amide bonds. The lowest BCUT2D eigenvalue weighted by Crippen LogP contribution is -2.09. The standard InChI is InChI=1S/C11H9NO3/c13-11-3-1-2-7-5-10-8(6-14-15-10)4-9(7)12-11/h1-2,4-5H,3,6H2,(H,12,13). The summed E-state index contributed by atoms with van der Waals surface area (Å²) in [6, 6.07) is 3.77. The Morgan fingerprint density at radius 3 is 3.20 bits per heavy atom. The van der Waals surface area contributed by atoms with Gasteiger partial charge in [-0.25, -0.2) is 0 Å². The molecule has 0 aromatic heterocycles. The first-order chi connectivity index (χ1) is 7.33. The summed E-state index contributed by atoms with van der Waals surface area (Å²) in [4.78, 5) is 21.2. The molecule has 76 valence electrons. The van der Waals surface area contributed by atoms with E-state index < -0.39 is 0 Å². The second-order valence-corrected chi connectivity index (χ2v) is 3.55. The van der Waals surface area contributed by atoms with Gasteiger partial charge in [-0.15, -0.1) is 0 Å². The Balaban J connectivity index is 2.13. The molecular formula is C11H9NO3. The molecule has 2 aliphatic rings. The molecule has 2 aliphatic heterocycles. The smallest absolute Gasteiger partial charge is 0.228 e. The molecule has 15 heavy (non-hydrogen) atoms. The Morgan fingerprint density at radius 1 is 1.33 bits per heavy atom. The van der Waals surface area contributed by atoms with Gasteiger partial charge in [-0.1, -0.05) is 12.2 Å². The topological polar surface area (TPSA) is 47.6 Å². The van der Waals surface area contributed by atoms with Crippen molar-refractivity contribution >= 4 is 17.7 Å². The molecule has 0 fully saturated rings. The van der Waals surface area contributed by atoms with Crippen LogP contribution in [0.2, 0.25) is 0 Å². The Bertz CT molecular complexity index is 465. The highest BCUT2D eigenvalue weighted by atomic mass is 17.2. The fourth-order valence-electron chi connectivity index (χ4n) is 1.73. The van der Waals surface area contributed by atoms with Crippen LogP contribution in [-0.4, -0.2) is 5.91 Å². The number of rotatable bonds is 0. The van der Waals surface area contributed by atoms with Gasteiger partial charge in [-0.2, -0.15) is 4.89 Å². The number of carbonyl (C=O) groups excluding carboxylic acids is 1. The second kappa shape index (κ2) is 3.10. The van der Waals surface area contributed by atoms with Crippen molar-refractivity contribution in [3.8, 4) is 5.75 Å². The van der Waals surface area contributed by atoms with E-state index in [4.69, 9.17) is 9.78 Å². The molecule has 0 spiro atoms. The van der Waals surface area contributed by atoms with E-state index >= 15 is 0 Å². The van der Waals surface area contributed by atoms with Crippen LogP contribution in [0.25, 0.3) is 6.08 Å². The molecule has 0 saturated heterocycles. The van der Waals surface area contributed by atoms with Gasteiger partial charge in [0.15, 0.2) is 5.75 Å². The first kappa shape index (κ1) is 8.49. The van der Waals surface area contributed by atoms with Crippen LogP contribution in [0, 0.1) is 0 Å². The minimum absolute atomic E-state index is 0.00443. The van der Waals surface area contributed by atoms with Gasteiger partial charge in [0.05, 0.1) is 0 Å². The van der Waals surface area contributed by atoms with E-state index in [2.05, 4.69) is 5.32 Å². The quantitative estimate of drug-likeness (QED) is 0.655. The number of hydrogen-bond donors (Lipinski definition) is 1. The zero-order valence-corrected chi connectivity index (χ0v) is 7.95. The molecule has 0 aliphatic carbocycles. The lowest BCUT2D eigenvalue weighted by atomic mass is 10.1. The maximum Gasteiger partial charge on any atom is 0.228 e. The third kappa shape index (κ3) is 1.39. The number of anilines is 1. The van der Waals surface area contributed by atoms with Gasteiger partial charge in [-0.05, 0) is 12.1 Å². The Kier molecular flexibility index (Phi) is 1.76. The minimum Gasteiger partial charge on any atom is -0.337 e. The molecule has 4 nitrogen and oxygen atoms in total. The Hall–Kier alpha value is -1.81. The van der Waals surface area contributed by atoms with E-state index in [0.29, 0.717) is 13.0 Å². The van der Waals surface area contributed by atoms with Gasteiger partial charge in [0.1, 0.15) is 6.61 Å². The summed E-state index contributed by atoms with van der Waals surface area (Å²) < 4.78 is 0. The monoisotopic (exact) mass is 203 g/mol. The van der Waals surface area contributed by atoms with Crippen molar-refractivity contribution in [2.45, 2.75) is 13.0 Å². The van der Waals surface area contributed by atoms with Gasteiger partial charge < -0.3 is 10.2 Å². The van der Waals surface area contributed by atoms with E-state index in [9.17, 15) is 4.79 Å². The summed E-state index contributed by atoms with van der Waals surface area (Å²) >= 11 is 0. The molecule has 0 radical (unpaired) electrons. The van der Waals surface area contributed by atoms with Crippen LogP contribution in [0.3, 0.4) is 0 Å². The summed E-state index contributed by atoms with van der Waals surface area (Å²) in [7, 11) is 0. The fourth-order valence-corrected chi connectivity index (χ4v) is 1.73. The second-order valence-electron chi connectivity index (χ2n) is 3.55. The normalized spacial score (nSPS) is 17.5. The average molecular weight is 203 g/mol. The molecule has 1 aromatic carbocycles. The van der Waals surface area contributed by atoms with E-state index in [1.807, 2.05) is 24.3 Å².